The highest BCUT2D eigenvalue weighted by Gasteiger charge is 2.24. The number of methoxy groups -OCH3 is 1. The quantitative estimate of drug-likeness (QED) is 0.639. The molecule has 2 amide bonds. The number of hydrogen-bond acceptors (Lipinski definition) is 6. The van der Waals surface area contributed by atoms with E-state index in [1.54, 1.807) is 33.9 Å². The lowest BCUT2D eigenvalue weighted by Crippen LogP contribution is -2.48. The molecule has 0 aromatic carbocycles. The van der Waals surface area contributed by atoms with Crippen LogP contribution in [0.15, 0.2) is 52.5 Å². The Hall–Kier alpha value is -3.33. The first-order chi connectivity index (χ1) is 14.5. The Labute approximate surface area is 174 Å². The number of pyridine rings is 1. The summed E-state index contributed by atoms with van der Waals surface area (Å²) in [6, 6.07) is 4.85. The van der Waals surface area contributed by atoms with Crippen molar-refractivity contribution >= 4 is 11.8 Å². The van der Waals surface area contributed by atoms with E-state index in [4.69, 9.17) is 9.15 Å². The SMILES string of the molecule is C=CCNC(=O)Cn1cc(OC)c(=O)cc1CN1CCN(C(=O)c2ccco2)CC1. The maximum Gasteiger partial charge on any atom is 0.289 e. The van der Waals surface area contributed by atoms with Gasteiger partial charge in [0.05, 0.1) is 19.6 Å². The van der Waals surface area contributed by atoms with Crippen molar-refractivity contribution in [1.82, 2.24) is 19.7 Å². The smallest absolute Gasteiger partial charge is 0.289 e. The maximum atomic E-state index is 12.4. The number of nitrogens with zero attached hydrogens (tertiary/aromatic N) is 3. The second-order valence-corrected chi connectivity index (χ2v) is 6.96. The molecular formula is C21H26N4O5. The normalized spacial score (nSPS) is 14.4. The first-order valence-electron chi connectivity index (χ1n) is 9.72. The molecule has 0 saturated carbocycles. The van der Waals surface area contributed by atoms with Gasteiger partial charge in [-0.15, -0.1) is 6.58 Å². The summed E-state index contributed by atoms with van der Waals surface area (Å²) in [7, 11) is 1.42. The minimum absolute atomic E-state index is 0.0662. The Morgan fingerprint density at radius 3 is 2.70 bits per heavy atom. The number of amides is 2. The lowest BCUT2D eigenvalue weighted by molar-refractivity contribution is -0.121. The summed E-state index contributed by atoms with van der Waals surface area (Å²) in [5.41, 5.74) is 0.474. The van der Waals surface area contributed by atoms with Gasteiger partial charge in [0.1, 0.15) is 6.54 Å². The molecular weight excluding hydrogens is 388 g/mol. The van der Waals surface area contributed by atoms with E-state index in [9.17, 15) is 14.4 Å². The molecule has 9 nitrogen and oxygen atoms in total. The molecule has 0 bridgehead atoms. The van der Waals surface area contributed by atoms with E-state index in [-0.39, 0.29) is 29.5 Å². The zero-order valence-electron chi connectivity index (χ0n) is 17.0. The molecule has 0 atom stereocenters. The van der Waals surface area contributed by atoms with Crippen LogP contribution in [0.25, 0.3) is 0 Å². The van der Waals surface area contributed by atoms with Crippen LogP contribution in [0.1, 0.15) is 16.2 Å². The van der Waals surface area contributed by atoms with Crippen LogP contribution in [0, 0.1) is 0 Å². The van der Waals surface area contributed by atoms with Gasteiger partial charge in [0.15, 0.2) is 11.5 Å². The summed E-state index contributed by atoms with van der Waals surface area (Å²) >= 11 is 0. The van der Waals surface area contributed by atoms with Crippen LogP contribution >= 0.6 is 0 Å². The third-order valence-electron chi connectivity index (χ3n) is 4.94. The van der Waals surface area contributed by atoms with E-state index in [1.165, 1.54) is 19.4 Å². The van der Waals surface area contributed by atoms with Gasteiger partial charge in [-0.3, -0.25) is 19.3 Å². The summed E-state index contributed by atoms with van der Waals surface area (Å²) in [5.74, 6) is 0.206. The molecule has 1 fully saturated rings. The highest BCUT2D eigenvalue weighted by molar-refractivity contribution is 5.91. The fraction of sp³-hybridized carbons (Fsp3) is 0.381. The van der Waals surface area contributed by atoms with Gasteiger partial charge in [-0.05, 0) is 12.1 Å². The van der Waals surface area contributed by atoms with Crippen LogP contribution in [0.2, 0.25) is 0 Å². The van der Waals surface area contributed by atoms with Crippen molar-refractivity contribution in [1.29, 1.82) is 0 Å². The second-order valence-electron chi connectivity index (χ2n) is 6.96. The van der Waals surface area contributed by atoms with Crippen molar-refractivity contribution < 1.29 is 18.7 Å². The molecule has 1 saturated heterocycles. The van der Waals surface area contributed by atoms with Gasteiger partial charge in [0.25, 0.3) is 5.91 Å². The van der Waals surface area contributed by atoms with Crippen LogP contribution in [0.5, 0.6) is 5.75 Å². The molecule has 2 aromatic heterocycles. The molecule has 160 valence electrons. The number of aromatic nitrogens is 1. The number of piperazine rings is 1. The van der Waals surface area contributed by atoms with Gasteiger partial charge >= 0.3 is 0 Å². The maximum absolute atomic E-state index is 12.4. The topological polar surface area (TPSA) is 97.0 Å². The van der Waals surface area contributed by atoms with E-state index in [2.05, 4.69) is 16.8 Å². The Bertz CT molecular complexity index is 943. The molecule has 0 spiro atoms. The van der Waals surface area contributed by atoms with E-state index in [0.29, 0.717) is 50.7 Å². The van der Waals surface area contributed by atoms with Crippen LogP contribution in [-0.4, -0.2) is 66.0 Å². The Kier molecular flexibility index (Phi) is 7.08. The third kappa shape index (κ3) is 5.18. The van der Waals surface area contributed by atoms with E-state index in [0.717, 1.165) is 0 Å². The first kappa shape index (κ1) is 21.4. The van der Waals surface area contributed by atoms with Crippen molar-refractivity contribution in [3.63, 3.8) is 0 Å². The largest absolute Gasteiger partial charge is 0.491 e. The summed E-state index contributed by atoms with van der Waals surface area (Å²) in [6.07, 6.45) is 4.65. The summed E-state index contributed by atoms with van der Waals surface area (Å²) in [6.45, 7) is 6.91. The molecule has 2 aromatic rings. The molecule has 1 aliphatic rings. The van der Waals surface area contributed by atoms with Gasteiger partial charge in [0.2, 0.25) is 11.3 Å². The molecule has 1 N–H and O–H groups in total. The summed E-state index contributed by atoms with van der Waals surface area (Å²) in [4.78, 5) is 40.7. The highest BCUT2D eigenvalue weighted by atomic mass is 16.5. The molecule has 30 heavy (non-hydrogen) atoms. The van der Waals surface area contributed by atoms with E-state index in [1.807, 2.05) is 0 Å². The number of carbonyl (C=O) groups excluding carboxylic acids is 2. The molecule has 9 heteroatoms. The number of hydrogen-bond donors (Lipinski definition) is 1. The van der Waals surface area contributed by atoms with Crippen molar-refractivity contribution in [3.05, 3.63) is 65.0 Å². The Morgan fingerprint density at radius 2 is 2.07 bits per heavy atom. The number of furan rings is 1. The molecule has 3 heterocycles. The highest BCUT2D eigenvalue weighted by Crippen LogP contribution is 2.13. The number of ether oxygens (including phenoxy) is 1. The zero-order chi connectivity index (χ0) is 21.5. The van der Waals surface area contributed by atoms with E-state index < -0.39 is 0 Å². The van der Waals surface area contributed by atoms with Crippen LogP contribution in [-0.2, 0) is 17.9 Å². The molecule has 3 rings (SSSR count). The molecule has 0 aliphatic carbocycles. The second kappa shape index (κ2) is 9.93. The predicted octanol–water partition coefficient (Wildman–Crippen LogP) is 0.710. The summed E-state index contributed by atoms with van der Waals surface area (Å²) in [5, 5.41) is 2.73. The number of carbonyl (C=O) groups is 2. The van der Waals surface area contributed by atoms with Gasteiger partial charge < -0.3 is 23.9 Å². The third-order valence-corrected chi connectivity index (χ3v) is 4.94. The van der Waals surface area contributed by atoms with Crippen molar-refractivity contribution in [2.45, 2.75) is 13.1 Å². The number of rotatable bonds is 8. The lowest BCUT2D eigenvalue weighted by atomic mass is 10.2. The Balaban J connectivity index is 1.67. The van der Waals surface area contributed by atoms with Crippen molar-refractivity contribution in [3.8, 4) is 5.75 Å². The molecule has 0 unspecified atom stereocenters. The van der Waals surface area contributed by atoms with E-state index >= 15 is 0 Å². The van der Waals surface area contributed by atoms with Crippen LogP contribution < -0.4 is 15.5 Å². The fourth-order valence-electron chi connectivity index (χ4n) is 3.32. The van der Waals surface area contributed by atoms with Gasteiger partial charge in [-0.2, -0.15) is 0 Å². The fourth-order valence-corrected chi connectivity index (χ4v) is 3.32. The van der Waals surface area contributed by atoms with Gasteiger partial charge in [-0.1, -0.05) is 6.08 Å². The first-order valence-corrected chi connectivity index (χ1v) is 9.72. The number of nitrogens with one attached hydrogen (secondary N) is 1. The Morgan fingerprint density at radius 1 is 1.30 bits per heavy atom. The standard InChI is InChI=1S/C21H26N4O5/c1-3-6-22-20(27)15-25-14-19(29-2)17(26)12-16(25)13-23-7-9-24(10-8-23)21(28)18-5-4-11-30-18/h3-5,11-12,14H,1,6-10,13,15H2,2H3,(H,22,27). The average Bonchev–Trinajstić information content (AvgIpc) is 3.29. The lowest BCUT2D eigenvalue weighted by Gasteiger charge is -2.34. The van der Waals surface area contributed by atoms with Crippen molar-refractivity contribution in [2.24, 2.45) is 0 Å². The van der Waals surface area contributed by atoms with Gasteiger partial charge in [0, 0.05) is 51.0 Å². The predicted molar refractivity (Wildman–Crippen MR) is 110 cm³/mol. The minimum Gasteiger partial charge on any atom is -0.491 e. The van der Waals surface area contributed by atoms with Gasteiger partial charge in [-0.25, -0.2) is 0 Å². The monoisotopic (exact) mass is 414 g/mol. The summed E-state index contributed by atoms with van der Waals surface area (Å²) < 4.78 is 12.0. The average molecular weight is 414 g/mol. The minimum atomic E-state index is -0.234. The molecule has 1 aliphatic heterocycles. The van der Waals surface area contributed by atoms with Crippen LogP contribution in [0.4, 0.5) is 0 Å². The molecule has 0 radical (unpaired) electrons. The zero-order valence-corrected chi connectivity index (χ0v) is 17.0. The van der Waals surface area contributed by atoms with Crippen LogP contribution in [0.3, 0.4) is 0 Å². The van der Waals surface area contributed by atoms with Crippen molar-refractivity contribution in [2.75, 3.05) is 39.8 Å².